The van der Waals surface area contributed by atoms with Crippen molar-refractivity contribution < 1.29 is 9.18 Å². The average molecular weight is 304 g/mol. The lowest BCUT2D eigenvalue weighted by Crippen LogP contribution is -2.30. The van der Waals surface area contributed by atoms with Gasteiger partial charge in [-0.2, -0.15) is 0 Å². The van der Waals surface area contributed by atoms with Crippen molar-refractivity contribution in [1.29, 1.82) is 0 Å². The molecule has 0 bridgehead atoms. The number of likely N-dealkylation sites (tertiary alicyclic amines) is 1. The molecule has 2 aromatic carbocycles. The quantitative estimate of drug-likeness (QED) is 0.802. The number of halogens is 2. The van der Waals surface area contributed by atoms with Gasteiger partial charge in [-0.1, -0.05) is 29.8 Å². The van der Waals surface area contributed by atoms with Crippen LogP contribution in [0.2, 0.25) is 5.02 Å². The zero-order valence-electron chi connectivity index (χ0n) is 11.4. The molecule has 3 rings (SSSR count). The predicted octanol–water partition coefficient (Wildman–Crippen LogP) is 4.46. The van der Waals surface area contributed by atoms with E-state index < -0.39 is 0 Å². The zero-order valence-corrected chi connectivity index (χ0v) is 12.2. The van der Waals surface area contributed by atoms with Crippen LogP contribution in [-0.2, 0) is 0 Å². The minimum Gasteiger partial charge on any atom is -0.332 e. The molecule has 1 aliphatic rings. The average Bonchev–Trinajstić information content (AvgIpc) is 2.97. The standard InChI is InChI=1S/C17H15ClFNO/c18-15-5-2-1-4-14(15)16-6-3-11-20(16)17(21)12-7-9-13(19)10-8-12/h1-2,4-5,7-10,16H,3,6,11H2/t16-/m0/s1. The first-order valence-electron chi connectivity index (χ1n) is 6.98. The van der Waals surface area contributed by atoms with Crippen LogP contribution in [0.1, 0.15) is 34.8 Å². The molecule has 1 aliphatic heterocycles. The fourth-order valence-corrected chi connectivity index (χ4v) is 3.10. The maximum Gasteiger partial charge on any atom is 0.254 e. The summed E-state index contributed by atoms with van der Waals surface area (Å²) in [6.07, 6.45) is 1.85. The molecular formula is C17H15ClFNO. The third-order valence-electron chi connectivity index (χ3n) is 3.87. The summed E-state index contributed by atoms with van der Waals surface area (Å²) in [5.41, 5.74) is 1.49. The van der Waals surface area contributed by atoms with Gasteiger partial charge in [0.1, 0.15) is 5.82 Å². The van der Waals surface area contributed by atoms with E-state index in [0.29, 0.717) is 17.1 Å². The Balaban J connectivity index is 1.89. The molecule has 0 spiro atoms. The Morgan fingerprint density at radius 2 is 1.86 bits per heavy atom. The molecule has 0 aliphatic carbocycles. The smallest absolute Gasteiger partial charge is 0.254 e. The topological polar surface area (TPSA) is 20.3 Å². The van der Waals surface area contributed by atoms with Crippen molar-refractivity contribution in [3.05, 3.63) is 70.5 Å². The van der Waals surface area contributed by atoms with Crippen molar-refractivity contribution in [2.24, 2.45) is 0 Å². The molecule has 0 saturated carbocycles. The monoisotopic (exact) mass is 303 g/mol. The van der Waals surface area contributed by atoms with E-state index >= 15 is 0 Å². The fourth-order valence-electron chi connectivity index (χ4n) is 2.84. The van der Waals surface area contributed by atoms with Crippen LogP contribution < -0.4 is 0 Å². The molecule has 1 saturated heterocycles. The second-order valence-corrected chi connectivity index (χ2v) is 5.59. The summed E-state index contributed by atoms with van der Waals surface area (Å²) in [5.74, 6) is -0.409. The highest BCUT2D eigenvalue weighted by molar-refractivity contribution is 6.31. The van der Waals surface area contributed by atoms with Crippen LogP contribution in [0.3, 0.4) is 0 Å². The SMILES string of the molecule is O=C(c1ccc(F)cc1)N1CCC[C@H]1c1ccccc1Cl. The third-order valence-corrected chi connectivity index (χ3v) is 4.21. The van der Waals surface area contributed by atoms with Gasteiger partial charge in [0.15, 0.2) is 0 Å². The lowest BCUT2D eigenvalue weighted by molar-refractivity contribution is 0.0735. The summed E-state index contributed by atoms with van der Waals surface area (Å²) in [5, 5.41) is 0.682. The van der Waals surface area contributed by atoms with Gasteiger partial charge in [-0.15, -0.1) is 0 Å². The number of nitrogens with zero attached hydrogens (tertiary/aromatic N) is 1. The number of benzene rings is 2. The lowest BCUT2D eigenvalue weighted by atomic mass is 10.0. The fraction of sp³-hybridized carbons (Fsp3) is 0.235. The van der Waals surface area contributed by atoms with Crippen molar-refractivity contribution >= 4 is 17.5 Å². The first-order chi connectivity index (χ1) is 10.2. The molecule has 1 amide bonds. The van der Waals surface area contributed by atoms with E-state index in [9.17, 15) is 9.18 Å². The Kier molecular flexibility index (Phi) is 3.93. The molecule has 1 fully saturated rings. The number of carbonyl (C=O) groups excluding carboxylic acids is 1. The molecule has 1 heterocycles. The van der Waals surface area contributed by atoms with Gasteiger partial charge >= 0.3 is 0 Å². The van der Waals surface area contributed by atoms with Gasteiger partial charge in [0.25, 0.3) is 5.91 Å². The first kappa shape index (κ1) is 14.1. The number of amides is 1. The Morgan fingerprint density at radius 1 is 1.14 bits per heavy atom. The van der Waals surface area contributed by atoms with E-state index in [1.165, 1.54) is 24.3 Å². The minimum atomic E-state index is -0.337. The van der Waals surface area contributed by atoms with E-state index in [4.69, 9.17) is 11.6 Å². The normalized spacial score (nSPS) is 18.0. The number of rotatable bonds is 2. The van der Waals surface area contributed by atoms with Gasteiger partial charge in [-0.05, 0) is 48.7 Å². The Labute approximate surface area is 128 Å². The minimum absolute atomic E-state index is 0.00347. The third kappa shape index (κ3) is 2.79. The Morgan fingerprint density at radius 3 is 2.57 bits per heavy atom. The maximum absolute atomic E-state index is 13.0. The number of carbonyl (C=O) groups is 1. The second-order valence-electron chi connectivity index (χ2n) is 5.18. The molecule has 0 N–H and O–H groups in total. The van der Waals surface area contributed by atoms with Crippen LogP contribution in [0.15, 0.2) is 48.5 Å². The summed E-state index contributed by atoms with van der Waals surface area (Å²) in [4.78, 5) is 14.4. The van der Waals surface area contributed by atoms with Gasteiger partial charge in [0.2, 0.25) is 0 Å². The summed E-state index contributed by atoms with van der Waals surface area (Å²) in [6, 6.07) is 13.3. The van der Waals surface area contributed by atoms with Crippen molar-refractivity contribution in [2.75, 3.05) is 6.54 Å². The predicted molar refractivity (Wildman–Crippen MR) is 80.9 cm³/mol. The number of hydrogen-bond acceptors (Lipinski definition) is 1. The van der Waals surface area contributed by atoms with Gasteiger partial charge in [0, 0.05) is 17.1 Å². The van der Waals surface area contributed by atoms with Crippen molar-refractivity contribution in [3.63, 3.8) is 0 Å². The molecular weight excluding hydrogens is 289 g/mol. The van der Waals surface area contributed by atoms with Crippen molar-refractivity contribution in [2.45, 2.75) is 18.9 Å². The van der Waals surface area contributed by atoms with Crippen molar-refractivity contribution in [1.82, 2.24) is 4.90 Å². The summed E-state index contributed by atoms with van der Waals surface area (Å²) >= 11 is 6.25. The molecule has 0 unspecified atom stereocenters. The maximum atomic E-state index is 13.0. The molecule has 2 aromatic rings. The van der Waals surface area contributed by atoms with E-state index in [0.717, 1.165) is 18.4 Å². The first-order valence-corrected chi connectivity index (χ1v) is 7.35. The highest BCUT2D eigenvalue weighted by atomic mass is 35.5. The highest BCUT2D eigenvalue weighted by Gasteiger charge is 2.31. The van der Waals surface area contributed by atoms with E-state index in [2.05, 4.69) is 0 Å². The molecule has 108 valence electrons. The zero-order chi connectivity index (χ0) is 14.8. The van der Waals surface area contributed by atoms with Crippen molar-refractivity contribution in [3.8, 4) is 0 Å². The highest BCUT2D eigenvalue weighted by Crippen LogP contribution is 2.36. The molecule has 2 nitrogen and oxygen atoms in total. The lowest BCUT2D eigenvalue weighted by Gasteiger charge is -2.26. The van der Waals surface area contributed by atoms with Crippen LogP contribution in [0.25, 0.3) is 0 Å². The van der Waals surface area contributed by atoms with E-state index in [1.807, 2.05) is 29.2 Å². The summed E-state index contributed by atoms with van der Waals surface area (Å²) in [7, 11) is 0. The molecule has 4 heteroatoms. The second kappa shape index (κ2) is 5.86. The van der Waals surface area contributed by atoms with Crippen LogP contribution in [-0.4, -0.2) is 17.4 Å². The Bertz CT molecular complexity index is 656. The molecule has 0 aromatic heterocycles. The van der Waals surface area contributed by atoms with E-state index in [1.54, 1.807) is 0 Å². The van der Waals surface area contributed by atoms with Gasteiger partial charge in [-0.3, -0.25) is 4.79 Å². The summed E-state index contributed by atoms with van der Waals surface area (Å²) < 4.78 is 13.0. The van der Waals surface area contributed by atoms with Gasteiger partial charge in [0.05, 0.1) is 6.04 Å². The molecule has 0 radical (unpaired) electrons. The van der Waals surface area contributed by atoms with Crippen LogP contribution >= 0.6 is 11.6 Å². The van der Waals surface area contributed by atoms with Gasteiger partial charge in [-0.25, -0.2) is 4.39 Å². The van der Waals surface area contributed by atoms with Crippen LogP contribution in [0.5, 0.6) is 0 Å². The molecule has 21 heavy (non-hydrogen) atoms. The van der Waals surface area contributed by atoms with Gasteiger partial charge < -0.3 is 4.90 Å². The summed E-state index contributed by atoms with van der Waals surface area (Å²) in [6.45, 7) is 0.700. The molecule has 1 atom stereocenters. The van der Waals surface area contributed by atoms with E-state index in [-0.39, 0.29) is 17.8 Å². The Hall–Kier alpha value is -1.87. The largest absolute Gasteiger partial charge is 0.332 e. The van der Waals surface area contributed by atoms with Crippen LogP contribution in [0.4, 0.5) is 4.39 Å². The van der Waals surface area contributed by atoms with Crippen LogP contribution in [0, 0.1) is 5.82 Å². The number of hydrogen-bond donors (Lipinski definition) is 0.